The number of hydrogen-bond acceptors (Lipinski definition) is 5. The van der Waals surface area contributed by atoms with Crippen molar-refractivity contribution < 1.29 is 14.1 Å². The molecule has 28 heavy (non-hydrogen) atoms. The Labute approximate surface area is 174 Å². The lowest BCUT2D eigenvalue weighted by Gasteiger charge is -2.08. The van der Waals surface area contributed by atoms with Crippen LogP contribution in [0.15, 0.2) is 69.6 Å². The third kappa shape index (κ3) is 5.02. The van der Waals surface area contributed by atoms with Crippen molar-refractivity contribution in [2.45, 2.75) is 6.54 Å². The number of carbonyl (C=O) groups is 1. The SMILES string of the molecule is O=C(NC(=S)NCc1ccc(-c2ccc(Br)cc2)o1)c1cccc([N+](=O)[O-])c1. The quantitative estimate of drug-likeness (QED) is 0.332. The Hall–Kier alpha value is -3.04. The summed E-state index contributed by atoms with van der Waals surface area (Å²) in [7, 11) is 0. The molecule has 0 fully saturated rings. The predicted molar refractivity (Wildman–Crippen MR) is 112 cm³/mol. The number of nitro benzene ring substituents is 1. The zero-order valence-electron chi connectivity index (χ0n) is 14.3. The van der Waals surface area contributed by atoms with Crippen molar-refractivity contribution in [1.29, 1.82) is 0 Å². The van der Waals surface area contributed by atoms with E-state index in [1.54, 1.807) is 0 Å². The zero-order chi connectivity index (χ0) is 20.1. The highest BCUT2D eigenvalue weighted by Gasteiger charge is 2.13. The van der Waals surface area contributed by atoms with Crippen LogP contribution in [0, 0.1) is 10.1 Å². The predicted octanol–water partition coefficient (Wildman–Crippen LogP) is 4.42. The van der Waals surface area contributed by atoms with Crippen LogP contribution in [0.2, 0.25) is 0 Å². The normalized spacial score (nSPS) is 10.3. The molecule has 0 spiro atoms. The summed E-state index contributed by atoms with van der Waals surface area (Å²) in [5, 5.41) is 16.3. The van der Waals surface area contributed by atoms with E-state index >= 15 is 0 Å². The fraction of sp³-hybridized carbons (Fsp3) is 0.0526. The van der Waals surface area contributed by atoms with Gasteiger partial charge in [-0.1, -0.05) is 34.1 Å². The molecule has 9 heteroatoms. The molecule has 1 heterocycles. The summed E-state index contributed by atoms with van der Waals surface area (Å²) in [6.07, 6.45) is 0. The van der Waals surface area contributed by atoms with E-state index in [0.717, 1.165) is 15.8 Å². The van der Waals surface area contributed by atoms with E-state index in [9.17, 15) is 14.9 Å². The number of benzene rings is 2. The van der Waals surface area contributed by atoms with Crippen LogP contribution in [-0.4, -0.2) is 15.9 Å². The number of furan rings is 1. The van der Waals surface area contributed by atoms with Crippen LogP contribution in [-0.2, 0) is 6.54 Å². The van der Waals surface area contributed by atoms with Gasteiger partial charge in [0, 0.05) is 27.7 Å². The molecule has 0 aliphatic rings. The van der Waals surface area contributed by atoms with Crippen LogP contribution >= 0.6 is 28.1 Å². The number of amides is 1. The van der Waals surface area contributed by atoms with Gasteiger partial charge in [-0.2, -0.15) is 0 Å². The Balaban J connectivity index is 1.56. The lowest BCUT2D eigenvalue weighted by atomic mass is 10.2. The lowest BCUT2D eigenvalue weighted by molar-refractivity contribution is -0.384. The van der Waals surface area contributed by atoms with Gasteiger partial charge in [-0.3, -0.25) is 20.2 Å². The van der Waals surface area contributed by atoms with Gasteiger partial charge < -0.3 is 9.73 Å². The molecule has 0 saturated carbocycles. The monoisotopic (exact) mass is 459 g/mol. The number of nitrogens with zero attached hydrogens (tertiary/aromatic N) is 1. The van der Waals surface area contributed by atoms with Crippen LogP contribution in [0.4, 0.5) is 5.69 Å². The van der Waals surface area contributed by atoms with E-state index in [1.165, 1.54) is 24.3 Å². The molecule has 7 nitrogen and oxygen atoms in total. The van der Waals surface area contributed by atoms with Gasteiger partial charge in [-0.15, -0.1) is 0 Å². The van der Waals surface area contributed by atoms with Crippen molar-refractivity contribution in [3.05, 3.63) is 86.6 Å². The van der Waals surface area contributed by atoms with Gasteiger partial charge in [0.2, 0.25) is 0 Å². The first-order valence-electron chi connectivity index (χ1n) is 8.10. The summed E-state index contributed by atoms with van der Waals surface area (Å²) in [6.45, 7) is 0.282. The van der Waals surface area contributed by atoms with Crippen LogP contribution in [0.25, 0.3) is 11.3 Å². The number of nitrogens with one attached hydrogen (secondary N) is 2. The summed E-state index contributed by atoms with van der Waals surface area (Å²) in [5.41, 5.74) is 0.924. The van der Waals surface area contributed by atoms with Gasteiger partial charge in [0.1, 0.15) is 11.5 Å². The van der Waals surface area contributed by atoms with E-state index in [-0.39, 0.29) is 22.9 Å². The average molecular weight is 460 g/mol. The minimum absolute atomic E-state index is 0.0955. The molecule has 2 N–H and O–H groups in total. The minimum Gasteiger partial charge on any atom is -0.459 e. The van der Waals surface area contributed by atoms with Gasteiger partial charge in [0.25, 0.3) is 11.6 Å². The summed E-state index contributed by atoms with van der Waals surface area (Å²) in [4.78, 5) is 22.4. The molecular formula is C19H14BrN3O4S. The molecule has 142 valence electrons. The molecular weight excluding hydrogens is 446 g/mol. The zero-order valence-corrected chi connectivity index (χ0v) is 16.7. The van der Waals surface area contributed by atoms with Crippen molar-refractivity contribution in [2.24, 2.45) is 0 Å². The number of rotatable bonds is 5. The molecule has 0 saturated heterocycles. The third-order valence-corrected chi connectivity index (χ3v) is 4.53. The molecule has 3 rings (SSSR count). The van der Waals surface area contributed by atoms with Crippen LogP contribution in [0.1, 0.15) is 16.1 Å². The van der Waals surface area contributed by atoms with Gasteiger partial charge in [-0.05, 0) is 42.5 Å². The number of hydrogen-bond donors (Lipinski definition) is 2. The maximum atomic E-state index is 12.2. The molecule has 0 bridgehead atoms. The third-order valence-electron chi connectivity index (χ3n) is 3.76. The van der Waals surface area contributed by atoms with Gasteiger partial charge in [0.15, 0.2) is 5.11 Å². The van der Waals surface area contributed by atoms with E-state index in [4.69, 9.17) is 16.6 Å². The van der Waals surface area contributed by atoms with Crippen molar-refractivity contribution in [3.8, 4) is 11.3 Å². The smallest absolute Gasteiger partial charge is 0.270 e. The second kappa shape index (κ2) is 8.77. The molecule has 2 aromatic carbocycles. The average Bonchev–Trinajstić information content (AvgIpc) is 3.16. The van der Waals surface area contributed by atoms with E-state index < -0.39 is 10.8 Å². The maximum absolute atomic E-state index is 12.2. The number of halogens is 1. The van der Waals surface area contributed by atoms with E-state index in [2.05, 4.69) is 26.6 Å². The minimum atomic E-state index is -0.562. The Morgan fingerprint density at radius 1 is 1.14 bits per heavy atom. The Kier molecular flexibility index (Phi) is 6.17. The van der Waals surface area contributed by atoms with Crippen molar-refractivity contribution in [1.82, 2.24) is 10.6 Å². The largest absolute Gasteiger partial charge is 0.459 e. The number of carbonyl (C=O) groups excluding carboxylic acids is 1. The Morgan fingerprint density at radius 2 is 1.89 bits per heavy atom. The molecule has 1 aromatic heterocycles. The lowest BCUT2D eigenvalue weighted by Crippen LogP contribution is -2.38. The number of nitro groups is 1. The highest BCUT2D eigenvalue weighted by atomic mass is 79.9. The molecule has 0 atom stereocenters. The molecule has 1 amide bonds. The number of thiocarbonyl (C=S) groups is 1. The highest BCUT2D eigenvalue weighted by Crippen LogP contribution is 2.23. The van der Waals surface area contributed by atoms with Crippen molar-refractivity contribution in [3.63, 3.8) is 0 Å². The first-order valence-corrected chi connectivity index (χ1v) is 9.31. The molecule has 0 aliphatic carbocycles. The van der Waals surface area contributed by atoms with Crippen LogP contribution in [0.3, 0.4) is 0 Å². The second-order valence-corrected chi connectivity index (χ2v) is 7.04. The standard InChI is InChI=1S/C19H14BrN3O4S/c20-14-6-4-12(5-7-14)17-9-8-16(27-17)11-21-19(28)22-18(24)13-2-1-3-15(10-13)23(25)26/h1-10H,11H2,(H2,21,22,24,28). The first-order chi connectivity index (χ1) is 13.4. The fourth-order valence-corrected chi connectivity index (χ4v) is 2.82. The molecule has 0 radical (unpaired) electrons. The summed E-state index contributed by atoms with van der Waals surface area (Å²) in [6, 6.07) is 16.8. The summed E-state index contributed by atoms with van der Waals surface area (Å²) in [5.74, 6) is 0.830. The van der Waals surface area contributed by atoms with E-state index in [1.807, 2.05) is 36.4 Å². The van der Waals surface area contributed by atoms with Crippen LogP contribution < -0.4 is 10.6 Å². The molecule has 3 aromatic rings. The van der Waals surface area contributed by atoms with Gasteiger partial charge in [0.05, 0.1) is 11.5 Å². The van der Waals surface area contributed by atoms with Crippen molar-refractivity contribution in [2.75, 3.05) is 0 Å². The Bertz CT molecular complexity index is 1030. The topological polar surface area (TPSA) is 97.4 Å². The summed E-state index contributed by atoms with van der Waals surface area (Å²) < 4.78 is 6.75. The Morgan fingerprint density at radius 3 is 2.61 bits per heavy atom. The summed E-state index contributed by atoms with van der Waals surface area (Å²) >= 11 is 8.49. The van der Waals surface area contributed by atoms with Crippen molar-refractivity contribution >= 4 is 44.9 Å². The number of non-ortho nitro benzene ring substituents is 1. The molecule has 0 aliphatic heterocycles. The van der Waals surface area contributed by atoms with E-state index in [0.29, 0.717) is 5.76 Å². The van der Waals surface area contributed by atoms with Gasteiger partial charge in [-0.25, -0.2) is 0 Å². The van der Waals surface area contributed by atoms with Gasteiger partial charge >= 0.3 is 0 Å². The highest BCUT2D eigenvalue weighted by molar-refractivity contribution is 9.10. The molecule has 0 unspecified atom stereocenters. The maximum Gasteiger partial charge on any atom is 0.270 e. The first kappa shape index (κ1) is 19.7. The fourth-order valence-electron chi connectivity index (χ4n) is 2.39. The van der Waals surface area contributed by atoms with Crippen LogP contribution in [0.5, 0.6) is 0 Å². The second-order valence-electron chi connectivity index (χ2n) is 5.72.